The number of ether oxygens (including phenoxy) is 1. The van der Waals surface area contributed by atoms with Crippen molar-refractivity contribution in [1.29, 1.82) is 0 Å². The van der Waals surface area contributed by atoms with Gasteiger partial charge in [-0.1, -0.05) is 24.3 Å². The van der Waals surface area contributed by atoms with Crippen LogP contribution >= 0.6 is 0 Å². The molecular formula is C20H18N4O2. The van der Waals surface area contributed by atoms with E-state index in [0.29, 0.717) is 18.7 Å². The highest BCUT2D eigenvalue weighted by atomic mass is 16.5. The molecule has 130 valence electrons. The lowest BCUT2D eigenvalue weighted by molar-refractivity contribution is 0.0519. The molecule has 0 saturated carbocycles. The Kier molecular flexibility index (Phi) is 4.08. The van der Waals surface area contributed by atoms with E-state index in [2.05, 4.69) is 26.2 Å². The topological polar surface area (TPSA) is 80.8 Å². The smallest absolute Gasteiger partial charge is 0.359 e. The number of carbonyl (C=O) groups is 1. The second-order valence-electron chi connectivity index (χ2n) is 6.10. The summed E-state index contributed by atoms with van der Waals surface area (Å²) in [5.74, 6) is -0.419. The van der Waals surface area contributed by atoms with Crippen molar-refractivity contribution in [3.63, 3.8) is 0 Å². The number of H-pyrrole nitrogens is 1. The Labute approximate surface area is 151 Å². The lowest BCUT2D eigenvalue weighted by atomic mass is 9.72. The summed E-state index contributed by atoms with van der Waals surface area (Å²) in [6.07, 6.45) is 8.11. The maximum absolute atomic E-state index is 12.1. The predicted molar refractivity (Wildman–Crippen MR) is 96.5 cm³/mol. The van der Waals surface area contributed by atoms with Gasteiger partial charge < -0.3 is 4.74 Å². The van der Waals surface area contributed by atoms with Crippen molar-refractivity contribution in [3.8, 4) is 0 Å². The first kappa shape index (κ1) is 16.2. The Hall–Kier alpha value is -3.28. The van der Waals surface area contributed by atoms with Crippen LogP contribution in [0.5, 0.6) is 0 Å². The van der Waals surface area contributed by atoms with E-state index in [0.717, 1.165) is 22.6 Å². The Morgan fingerprint density at radius 2 is 1.85 bits per heavy atom. The monoisotopic (exact) mass is 346 g/mol. The molecule has 6 heteroatoms. The molecule has 0 unspecified atom stereocenters. The highest BCUT2D eigenvalue weighted by Gasteiger charge is 2.39. The van der Waals surface area contributed by atoms with Gasteiger partial charge in [0.05, 0.1) is 23.4 Å². The zero-order valence-electron chi connectivity index (χ0n) is 14.3. The third kappa shape index (κ3) is 2.60. The molecule has 0 radical (unpaired) electrons. The van der Waals surface area contributed by atoms with E-state index in [1.54, 1.807) is 19.3 Å². The summed E-state index contributed by atoms with van der Waals surface area (Å²) in [6, 6.07) is 11.7. The number of allylic oxidation sites excluding steroid dienone is 1. The molecule has 0 aromatic carbocycles. The highest BCUT2D eigenvalue weighted by molar-refractivity contribution is 5.92. The molecule has 0 spiro atoms. The van der Waals surface area contributed by atoms with Crippen LogP contribution < -0.4 is 0 Å². The van der Waals surface area contributed by atoms with Gasteiger partial charge in [0.15, 0.2) is 5.69 Å². The van der Waals surface area contributed by atoms with Crippen molar-refractivity contribution in [2.75, 3.05) is 6.61 Å². The van der Waals surface area contributed by atoms with Crippen LogP contribution in [-0.4, -0.2) is 32.7 Å². The fraction of sp³-hybridized carbons (Fsp3) is 0.200. The number of fused-ring (bicyclic) bond motifs is 1. The van der Waals surface area contributed by atoms with E-state index >= 15 is 0 Å². The Morgan fingerprint density at radius 1 is 1.15 bits per heavy atom. The number of aromatic amines is 1. The lowest BCUT2D eigenvalue weighted by Gasteiger charge is -2.32. The highest BCUT2D eigenvalue weighted by Crippen LogP contribution is 2.39. The maximum Gasteiger partial charge on any atom is 0.359 e. The van der Waals surface area contributed by atoms with Gasteiger partial charge >= 0.3 is 5.97 Å². The molecule has 1 aliphatic rings. The van der Waals surface area contributed by atoms with Gasteiger partial charge in [-0.2, -0.15) is 5.10 Å². The van der Waals surface area contributed by atoms with Crippen molar-refractivity contribution in [1.82, 2.24) is 20.2 Å². The molecule has 3 heterocycles. The van der Waals surface area contributed by atoms with Crippen LogP contribution in [0.3, 0.4) is 0 Å². The van der Waals surface area contributed by atoms with Gasteiger partial charge in [0.1, 0.15) is 0 Å². The second kappa shape index (κ2) is 6.55. The number of rotatable bonds is 4. The van der Waals surface area contributed by atoms with Gasteiger partial charge in [0.25, 0.3) is 0 Å². The number of esters is 1. The van der Waals surface area contributed by atoms with Gasteiger partial charge in [0, 0.05) is 30.1 Å². The number of hydrogen-bond acceptors (Lipinski definition) is 5. The summed E-state index contributed by atoms with van der Waals surface area (Å²) in [5, 5.41) is 7.18. The molecule has 1 N–H and O–H groups in total. The summed E-state index contributed by atoms with van der Waals surface area (Å²) in [7, 11) is 0. The van der Waals surface area contributed by atoms with Crippen LogP contribution in [0.4, 0.5) is 0 Å². The summed E-state index contributed by atoms with van der Waals surface area (Å²) >= 11 is 0. The van der Waals surface area contributed by atoms with Gasteiger partial charge in [-0.25, -0.2) is 4.79 Å². The average molecular weight is 346 g/mol. The number of nitrogens with zero attached hydrogens (tertiary/aromatic N) is 3. The molecule has 0 fully saturated rings. The molecule has 4 rings (SSSR count). The van der Waals surface area contributed by atoms with E-state index in [-0.39, 0.29) is 0 Å². The number of hydrogen-bond donors (Lipinski definition) is 1. The predicted octanol–water partition coefficient (Wildman–Crippen LogP) is 2.93. The third-order valence-electron chi connectivity index (χ3n) is 4.59. The van der Waals surface area contributed by atoms with E-state index in [1.165, 1.54) is 0 Å². The second-order valence-corrected chi connectivity index (χ2v) is 6.10. The number of pyridine rings is 2. The van der Waals surface area contributed by atoms with E-state index in [9.17, 15) is 4.79 Å². The molecule has 0 saturated heterocycles. The summed E-state index contributed by atoms with van der Waals surface area (Å²) in [5.41, 5.74) is 3.22. The third-order valence-corrected chi connectivity index (χ3v) is 4.59. The zero-order valence-corrected chi connectivity index (χ0v) is 14.3. The van der Waals surface area contributed by atoms with Crippen LogP contribution in [0.15, 0.2) is 54.9 Å². The van der Waals surface area contributed by atoms with Gasteiger partial charge in [0.2, 0.25) is 0 Å². The molecule has 0 aliphatic heterocycles. The molecule has 0 atom stereocenters. The van der Waals surface area contributed by atoms with Crippen LogP contribution in [0.1, 0.15) is 40.1 Å². The number of carbonyl (C=O) groups excluding carboxylic acids is 1. The Bertz CT molecular complexity index is 909. The van der Waals surface area contributed by atoms with Crippen LogP contribution in [0.2, 0.25) is 0 Å². The first-order valence-electron chi connectivity index (χ1n) is 8.51. The molecule has 1 aliphatic carbocycles. The summed E-state index contributed by atoms with van der Waals surface area (Å²) in [4.78, 5) is 21.3. The molecule has 6 nitrogen and oxygen atoms in total. The quantitative estimate of drug-likeness (QED) is 0.735. The molecule has 26 heavy (non-hydrogen) atoms. The first-order chi connectivity index (χ1) is 12.7. The number of aromatic nitrogens is 4. The summed E-state index contributed by atoms with van der Waals surface area (Å²) in [6.45, 7) is 2.09. The molecule has 3 aromatic heterocycles. The van der Waals surface area contributed by atoms with E-state index in [1.807, 2.05) is 42.5 Å². The van der Waals surface area contributed by atoms with Crippen molar-refractivity contribution in [3.05, 3.63) is 83.2 Å². The van der Waals surface area contributed by atoms with Crippen molar-refractivity contribution in [2.24, 2.45) is 0 Å². The minimum atomic E-state index is -0.520. The van der Waals surface area contributed by atoms with E-state index in [4.69, 9.17) is 4.74 Å². The van der Waals surface area contributed by atoms with Gasteiger partial charge in [-0.3, -0.25) is 15.1 Å². The normalized spacial score (nSPS) is 14.7. The molecule has 0 bridgehead atoms. The van der Waals surface area contributed by atoms with Gasteiger partial charge in [-0.05, 0) is 31.2 Å². The number of nitrogens with one attached hydrogen (secondary N) is 1. The van der Waals surface area contributed by atoms with Crippen molar-refractivity contribution >= 4 is 12.0 Å². The zero-order chi connectivity index (χ0) is 18.0. The lowest BCUT2D eigenvalue weighted by Crippen LogP contribution is -2.32. The molecule has 3 aromatic rings. The van der Waals surface area contributed by atoms with Crippen LogP contribution in [0, 0.1) is 0 Å². The van der Waals surface area contributed by atoms with Gasteiger partial charge in [-0.15, -0.1) is 0 Å². The van der Waals surface area contributed by atoms with Crippen LogP contribution in [-0.2, 0) is 16.6 Å². The van der Waals surface area contributed by atoms with Crippen LogP contribution in [0.25, 0.3) is 6.08 Å². The van der Waals surface area contributed by atoms with E-state index < -0.39 is 11.4 Å². The maximum atomic E-state index is 12.1. The van der Waals surface area contributed by atoms with Crippen molar-refractivity contribution < 1.29 is 9.53 Å². The Balaban J connectivity index is 1.83. The standard InChI is InChI=1S/C20H18N4O2/c1-2-26-19(25)18-14-9-10-20(13-15(14)23-24-18,16-7-3-5-11-21-16)17-8-4-6-12-22-17/h3-12H,2,13H2,1H3,(H,23,24). The van der Waals surface area contributed by atoms with Crippen molar-refractivity contribution in [2.45, 2.75) is 18.8 Å². The molecule has 0 amide bonds. The largest absolute Gasteiger partial charge is 0.461 e. The fourth-order valence-electron chi connectivity index (χ4n) is 3.36. The fourth-order valence-corrected chi connectivity index (χ4v) is 3.36. The molecular weight excluding hydrogens is 328 g/mol. The SMILES string of the molecule is CCOC(=O)c1n[nH]c2c1C=CC(c1ccccn1)(c1ccccn1)C2. The first-order valence-corrected chi connectivity index (χ1v) is 8.51. The minimum absolute atomic E-state index is 0.314. The minimum Gasteiger partial charge on any atom is -0.461 e. The summed E-state index contributed by atoms with van der Waals surface area (Å²) < 4.78 is 5.09. The average Bonchev–Trinajstić information content (AvgIpc) is 3.12. The Morgan fingerprint density at radius 3 is 2.42 bits per heavy atom.